The molecule has 176 valence electrons. The molecule has 0 aliphatic carbocycles. The second-order valence-electron chi connectivity index (χ2n) is 7.75. The number of esters is 1. The van der Waals surface area contributed by atoms with E-state index in [9.17, 15) is 19.2 Å². The molecule has 1 heterocycles. The predicted molar refractivity (Wildman–Crippen MR) is 117 cm³/mol. The summed E-state index contributed by atoms with van der Waals surface area (Å²) in [4.78, 5) is 51.3. The lowest BCUT2D eigenvalue weighted by Crippen LogP contribution is -2.45. The smallest absolute Gasteiger partial charge is 0.407 e. The van der Waals surface area contributed by atoms with Crippen molar-refractivity contribution in [2.45, 2.75) is 39.2 Å². The van der Waals surface area contributed by atoms with Crippen LogP contribution in [0.2, 0.25) is 0 Å². The first-order valence-electron chi connectivity index (χ1n) is 11.0. The predicted octanol–water partition coefficient (Wildman–Crippen LogP) is 1.95. The fraction of sp³-hybridized carbons (Fsp3) is 0.565. The van der Waals surface area contributed by atoms with Gasteiger partial charge in [-0.15, -0.1) is 0 Å². The van der Waals surface area contributed by atoms with E-state index in [-0.39, 0.29) is 43.3 Å². The van der Waals surface area contributed by atoms with Gasteiger partial charge in [-0.2, -0.15) is 0 Å². The van der Waals surface area contributed by atoms with Crippen LogP contribution in [0.4, 0.5) is 4.79 Å². The first kappa shape index (κ1) is 25.2. The second-order valence-corrected chi connectivity index (χ2v) is 7.75. The Bertz CT molecular complexity index is 762. The number of nitrogens with zero attached hydrogens (tertiary/aromatic N) is 2. The average Bonchev–Trinajstić information content (AvgIpc) is 2.81. The molecule has 0 unspecified atom stereocenters. The number of nitrogens with one attached hydrogen (secondary N) is 1. The van der Waals surface area contributed by atoms with Gasteiger partial charge in [0.25, 0.3) is 0 Å². The third kappa shape index (κ3) is 8.56. The number of likely N-dealkylation sites (tertiary alicyclic amines) is 1. The van der Waals surface area contributed by atoms with Crippen molar-refractivity contribution in [3.05, 3.63) is 35.9 Å². The van der Waals surface area contributed by atoms with Crippen LogP contribution in [0, 0.1) is 5.92 Å². The molecule has 2 rings (SSSR count). The van der Waals surface area contributed by atoms with Crippen molar-refractivity contribution in [3.63, 3.8) is 0 Å². The van der Waals surface area contributed by atoms with E-state index >= 15 is 0 Å². The Balaban J connectivity index is 1.59. The van der Waals surface area contributed by atoms with Gasteiger partial charge in [0.15, 0.2) is 0 Å². The number of carbonyl (C=O) groups is 4. The van der Waals surface area contributed by atoms with Crippen LogP contribution in [0.25, 0.3) is 0 Å². The average molecular weight is 448 g/mol. The number of rotatable bonds is 10. The number of likely N-dealkylation sites (N-methyl/N-ethyl adjacent to an activating group) is 1. The van der Waals surface area contributed by atoms with Crippen molar-refractivity contribution in [1.29, 1.82) is 0 Å². The molecule has 1 aliphatic heterocycles. The Morgan fingerprint density at radius 2 is 1.78 bits per heavy atom. The third-order valence-corrected chi connectivity index (χ3v) is 5.32. The summed E-state index contributed by atoms with van der Waals surface area (Å²) in [5.41, 5.74) is 0.897. The van der Waals surface area contributed by atoms with Gasteiger partial charge in [0.1, 0.15) is 6.61 Å². The SMILES string of the molecule is CCOC(=O)C1CCN(C(=O)CN(C)C(=O)CCCNC(=O)OCc2ccccc2)CC1. The topological polar surface area (TPSA) is 105 Å². The van der Waals surface area contributed by atoms with Gasteiger partial charge in [0.05, 0.1) is 19.1 Å². The molecule has 0 spiro atoms. The molecular weight excluding hydrogens is 414 g/mol. The van der Waals surface area contributed by atoms with Crippen LogP contribution in [0.3, 0.4) is 0 Å². The van der Waals surface area contributed by atoms with Crippen LogP contribution in [-0.4, -0.2) is 73.5 Å². The highest BCUT2D eigenvalue weighted by atomic mass is 16.5. The molecular formula is C23H33N3O6. The number of hydrogen-bond acceptors (Lipinski definition) is 6. The first-order chi connectivity index (χ1) is 15.4. The molecule has 0 bridgehead atoms. The Kier molecular flexibility index (Phi) is 10.5. The normalized spacial score (nSPS) is 13.9. The number of carbonyl (C=O) groups excluding carboxylic acids is 4. The van der Waals surface area contributed by atoms with E-state index in [1.165, 1.54) is 4.90 Å². The lowest BCUT2D eigenvalue weighted by molar-refractivity contribution is -0.151. The lowest BCUT2D eigenvalue weighted by atomic mass is 9.97. The molecule has 1 fully saturated rings. The summed E-state index contributed by atoms with van der Waals surface area (Å²) in [7, 11) is 1.59. The molecule has 3 amide bonds. The lowest BCUT2D eigenvalue weighted by Gasteiger charge is -2.32. The minimum Gasteiger partial charge on any atom is -0.466 e. The molecule has 0 atom stereocenters. The minimum atomic E-state index is -0.531. The van der Waals surface area contributed by atoms with Gasteiger partial charge in [-0.05, 0) is 31.7 Å². The minimum absolute atomic E-state index is 0.00451. The van der Waals surface area contributed by atoms with E-state index in [1.807, 2.05) is 30.3 Å². The zero-order valence-electron chi connectivity index (χ0n) is 18.9. The summed E-state index contributed by atoms with van der Waals surface area (Å²) < 4.78 is 10.2. The van der Waals surface area contributed by atoms with Crippen molar-refractivity contribution in [3.8, 4) is 0 Å². The molecule has 9 heteroatoms. The van der Waals surface area contributed by atoms with Crippen molar-refractivity contribution >= 4 is 23.9 Å². The molecule has 1 aromatic carbocycles. The number of alkyl carbamates (subject to hydrolysis) is 1. The number of ether oxygens (including phenoxy) is 2. The second kappa shape index (κ2) is 13.3. The first-order valence-corrected chi connectivity index (χ1v) is 11.0. The van der Waals surface area contributed by atoms with E-state index in [0.29, 0.717) is 45.5 Å². The zero-order chi connectivity index (χ0) is 23.3. The molecule has 1 N–H and O–H groups in total. The van der Waals surface area contributed by atoms with E-state index in [2.05, 4.69) is 5.32 Å². The van der Waals surface area contributed by atoms with Gasteiger partial charge in [0, 0.05) is 33.1 Å². The Hall–Kier alpha value is -3.10. The zero-order valence-corrected chi connectivity index (χ0v) is 18.9. The molecule has 32 heavy (non-hydrogen) atoms. The number of piperidine rings is 1. The van der Waals surface area contributed by atoms with E-state index in [0.717, 1.165) is 5.56 Å². The summed E-state index contributed by atoms with van der Waals surface area (Å²) in [5, 5.41) is 2.62. The summed E-state index contributed by atoms with van der Waals surface area (Å²) in [5.74, 6) is -0.667. The van der Waals surface area contributed by atoms with Gasteiger partial charge in [0.2, 0.25) is 11.8 Å². The summed E-state index contributed by atoms with van der Waals surface area (Å²) in [6.45, 7) is 3.59. The Morgan fingerprint density at radius 3 is 2.44 bits per heavy atom. The van der Waals surface area contributed by atoms with Gasteiger partial charge in [-0.3, -0.25) is 14.4 Å². The van der Waals surface area contributed by atoms with E-state index in [1.54, 1.807) is 18.9 Å². The van der Waals surface area contributed by atoms with Crippen LogP contribution < -0.4 is 5.32 Å². The van der Waals surface area contributed by atoms with Crippen LogP contribution in [-0.2, 0) is 30.5 Å². The molecule has 0 saturated carbocycles. The summed E-state index contributed by atoms with van der Waals surface area (Å²) in [6, 6.07) is 9.36. The van der Waals surface area contributed by atoms with Crippen molar-refractivity contribution in [1.82, 2.24) is 15.1 Å². The van der Waals surface area contributed by atoms with Crippen LogP contribution in [0.1, 0.15) is 38.2 Å². The highest BCUT2D eigenvalue weighted by Gasteiger charge is 2.28. The Labute approximate surface area is 189 Å². The van der Waals surface area contributed by atoms with Crippen LogP contribution >= 0.6 is 0 Å². The van der Waals surface area contributed by atoms with E-state index in [4.69, 9.17) is 9.47 Å². The maximum absolute atomic E-state index is 12.5. The van der Waals surface area contributed by atoms with Crippen LogP contribution in [0.15, 0.2) is 30.3 Å². The molecule has 0 aromatic heterocycles. The molecule has 9 nitrogen and oxygen atoms in total. The third-order valence-electron chi connectivity index (χ3n) is 5.32. The fourth-order valence-corrected chi connectivity index (χ4v) is 3.41. The van der Waals surface area contributed by atoms with E-state index < -0.39 is 6.09 Å². The number of amides is 3. The highest BCUT2D eigenvalue weighted by Crippen LogP contribution is 2.19. The summed E-state index contributed by atoms with van der Waals surface area (Å²) >= 11 is 0. The van der Waals surface area contributed by atoms with Crippen molar-refractivity contribution in [2.75, 3.05) is 39.8 Å². The summed E-state index contributed by atoms with van der Waals surface area (Å²) in [6.07, 6.45) is 1.29. The molecule has 1 aromatic rings. The van der Waals surface area contributed by atoms with Crippen molar-refractivity contribution in [2.24, 2.45) is 5.92 Å². The standard InChI is InChI=1S/C23H33N3O6/c1-3-31-22(29)19-11-14-26(15-12-19)21(28)16-25(2)20(27)10-7-13-24-23(30)32-17-18-8-5-4-6-9-18/h4-6,8-9,19H,3,7,10-17H2,1-2H3,(H,24,30). The number of hydrogen-bond donors (Lipinski definition) is 1. The van der Waals surface area contributed by atoms with Crippen LogP contribution in [0.5, 0.6) is 0 Å². The maximum atomic E-state index is 12.5. The molecule has 1 aliphatic rings. The quantitative estimate of drug-likeness (QED) is 0.434. The maximum Gasteiger partial charge on any atom is 0.407 e. The molecule has 1 saturated heterocycles. The fourth-order valence-electron chi connectivity index (χ4n) is 3.41. The van der Waals surface area contributed by atoms with Gasteiger partial charge in [-0.25, -0.2) is 4.79 Å². The van der Waals surface area contributed by atoms with Gasteiger partial charge in [-0.1, -0.05) is 30.3 Å². The van der Waals surface area contributed by atoms with Gasteiger partial charge >= 0.3 is 12.1 Å². The molecule has 0 radical (unpaired) electrons. The highest BCUT2D eigenvalue weighted by molar-refractivity contribution is 5.85. The monoisotopic (exact) mass is 447 g/mol. The van der Waals surface area contributed by atoms with Crippen molar-refractivity contribution < 1.29 is 28.7 Å². The number of benzene rings is 1. The Morgan fingerprint density at radius 1 is 1.09 bits per heavy atom. The van der Waals surface area contributed by atoms with Gasteiger partial charge < -0.3 is 24.6 Å². The largest absolute Gasteiger partial charge is 0.466 e.